The van der Waals surface area contributed by atoms with Crippen molar-refractivity contribution in [2.45, 2.75) is 6.54 Å². The van der Waals surface area contributed by atoms with Gasteiger partial charge in [-0.15, -0.1) is 0 Å². The number of nitrogens with one attached hydrogen (secondary N) is 1. The first-order valence-corrected chi connectivity index (χ1v) is 7.14. The standard InChI is InChI=1S/C16H11FN4O4/c17-12-6-5-10(21(24)25)7-13(12)19-16(23)9-20-14-4-2-1-3-11(14)15(22)8-18-20/h1-8H,9H2,(H,19,23). The van der Waals surface area contributed by atoms with Gasteiger partial charge in [-0.3, -0.25) is 24.4 Å². The molecule has 0 spiro atoms. The molecular weight excluding hydrogens is 331 g/mol. The molecule has 0 fully saturated rings. The van der Waals surface area contributed by atoms with Crippen LogP contribution in [0, 0.1) is 15.9 Å². The van der Waals surface area contributed by atoms with Gasteiger partial charge in [0, 0.05) is 17.5 Å². The quantitative estimate of drug-likeness (QED) is 0.577. The predicted molar refractivity (Wildman–Crippen MR) is 87.7 cm³/mol. The van der Waals surface area contributed by atoms with Gasteiger partial charge in [-0.25, -0.2) is 4.39 Å². The van der Waals surface area contributed by atoms with Gasteiger partial charge in [0.05, 0.1) is 22.3 Å². The molecule has 0 bridgehead atoms. The van der Waals surface area contributed by atoms with E-state index in [4.69, 9.17) is 0 Å². The molecule has 0 aliphatic heterocycles. The maximum Gasteiger partial charge on any atom is 0.271 e. The minimum Gasteiger partial charge on any atom is -0.322 e. The normalized spacial score (nSPS) is 10.6. The van der Waals surface area contributed by atoms with Crippen LogP contribution < -0.4 is 10.7 Å². The Bertz CT molecular complexity index is 1050. The number of fused-ring (bicyclic) bond motifs is 1. The molecule has 0 aliphatic rings. The van der Waals surface area contributed by atoms with Gasteiger partial charge in [0.1, 0.15) is 12.4 Å². The molecule has 0 radical (unpaired) electrons. The Balaban J connectivity index is 1.87. The van der Waals surface area contributed by atoms with Crippen molar-refractivity contribution >= 4 is 28.2 Å². The van der Waals surface area contributed by atoms with Crippen LogP contribution in [0.5, 0.6) is 0 Å². The second kappa shape index (κ2) is 6.48. The van der Waals surface area contributed by atoms with Crippen LogP contribution in [0.3, 0.4) is 0 Å². The van der Waals surface area contributed by atoms with Gasteiger partial charge in [-0.1, -0.05) is 12.1 Å². The number of nitrogens with zero attached hydrogens (tertiary/aromatic N) is 3. The monoisotopic (exact) mass is 342 g/mol. The zero-order valence-corrected chi connectivity index (χ0v) is 12.7. The summed E-state index contributed by atoms with van der Waals surface area (Å²) in [5.41, 5.74) is -0.477. The van der Waals surface area contributed by atoms with E-state index in [-0.39, 0.29) is 23.3 Å². The van der Waals surface area contributed by atoms with Gasteiger partial charge < -0.3 is 5.32 Å². The summed E-state index contributed by atoms with van der Waals surface area (Å²) in [4.78, 5) is 34.0. The van der Waals surface area contributed by atoms with Crippen LogP contribution in [0.1, 0.15) is 0 Å². The number of amides is 1. The van der Waals surface area contributed by atoms with E-state index in [1.807, 2.05) is 0 Å². The highest BCUT2D eigenvalue weighted by molar-refractivity contribution is 5.92. The fraction of sp³-hybridized carbons (Fsp3) is 0.0625. The smallest absolute Gasteiger partial charge is 0.271 e. The van der Waals surface area contributed by atoms with Crippen molar-refractivity contribution in [2.24, 2.45) is 0 Å². The summed E-state index contributed by atoms with van der Waals surface area (Å²) in [7, 11) is 0. The fourth-order valence-corrected chi connectivity index (χ4v) is 2.34. The number of halogens is 1. The second-order valence-corrected chi connectivity index (χ2v) is 5.15. The number of nitro groups is 1. The minimum atomic E-state index is -0.795. The predicted octanol–water partition coefficient (Wildman–Crippen LogP) is 2.08. The third-order valence-electron chi connectivity index (χ3n) is 3.49. The molecule has 8 nitrogen and oxygen atoms in total. The number of carbonyl (C=O) groups excluding carboxylic acids is 1. The van der Waals surface area contributed by atoms with E-state index in [2.05, 4.69) is 10.4 Å². The highest BCUT2D eigenvalue weighted by Gasteiger charge is 2.14. The molecule has 0 unspecified atom stereocenters. The van der Waals surface area contributed by atoms with Crippen LogP contribution >= 0.6 is 0 Å². The zero-order chi connectivity index (χ0) is 18.0. The average molecular weight is 342 g/mol. The third-order valence-corrected chi connectivity index (χ3v) is 3.49. The number of non-ortho nitro benzene ring substituents is 1. The lowest BCUT2D eigenvalue weighted by Crippen LogP contribution is -2.23. The maximum atomic E-state index is 13.7. The third kappa shape index (κ3) is 3.34. The molecule has 0 atom stereocenters. The van der Waals surface area contributed by atoms with Gasteiger partial charge in [0.15, 0.2) is 0 Å². The van der Waals surface area contributed by atoms with Gasteiger partial charge in [0.2, 0.25) is 11.3 Å². The van der Waals surface area contributed by atoms with Crippen LogP contribution in [-0.4, -0.2) is 20.6 Å². The summed E-state index contributed by atoms with van der Waals surface area (Å²) in [5, 5.41) is 17.3. The van der Waals surface area contributed by atoms with Crippen molar-refractivity contribution in [2.75, 3.05) is 5.32 Å². The van der Waals surface area contributed by atoms with E-state index in [0.29, 0.717) is 10.9 Å². The number of benzene rings is 2. The lowest BCUT2D eigenvalue weighted by molar-refractivity contribution is -0.384. The lowest BCUT2D eigenvalue weighted by atomic mass is 10.2. The number of rotatable bonds is 4. The average Bonchev–Trinajstić information content (AvgIpc) is 2.59. The molecule has 2 aromatic carbocycles. The van der Waals surface area contributed by atoms with Crippen molar-refractivity contribution in [3.63, 3.8) is 0 Å². The van der Waals surface area contributed by atoms with E-state index in [1.54, 1.807) is 24.3 Å². The Morgan fingerprint density at radius 3 is 2.80 bits per heavy atom. The molecule has 25 heavy (non-hydrogen) atoms. The summed E-state index contributed by atoms with van der Waals surface area (Å²) < 4.78 is 15.0. The molecular formula is C16H11FN4O4. The lowest BCUT2D eigenvalue weighted by Gasteiger charge is -2.10. The molecule has 126 valence electrons. The van der Waals surface area contributed by atoms with Crippen LogP contribution in [0.15, 0.2) is 53.5 Å². The molecule has 1 N–H and O–H groups in total. The summed E-state index contributed by atoms with van der Waals surface area (Å²) in [6.45, 7) is -0.289. The first kappa shape index (κ1) is 16.2. The van der Waals surface area contributed by atoms with E-state index in [9.17, 15) is 24.1 Å². The summed E-state index contributed by atoms with van der Waals surface area (Å²) >= 11 is 0. The Kier molecular flexibility index (Phi) is 4.21. The highest BCUT2D eigenvalue weighted by atomic mass is 19.1. The number of nitro benzene ring substituents is 1. The first-order chi connectivity index (χ1) is 12.0. The molecule has 0 saturated carbocycles. The minimum absolute atomic E-state index is 0.281. The molecule has 3 rings (SSSR count). The molecule has 1 aromatic heterocycles. The second-order valence-electron chi connectivity index (χ2n) is 5.15. The number of anilines is 1. The molecule has 0 aliphatic carbocycles. The van der Waals surface area contributed by atoms with Crippen molar-refractivity contribution in [1.82, 2.24) is 9.78 Å². The topological polar surface area (TPSA) is 107 Å². The number of carbonyl (C=O) groups is 1. The van der Waals surface area contributed by atoms with Crippen molar-refractivity contribution in [1.29, 1.82) is 0 Å². The van der Waals surface area contributed by atoms with Gasteiger partial charge >= 0.3 is 0 Å². The van der Waals surface area contributed by atoms with E-state index in [1.165, 1.54) is 4.68 Å². The fourth-order valence-electron chi connectivity index (χ4n) is 2.34. The summed E-state index contributed by atoms with van der Waals surface area (Å²) in [6.07, 6.45) is 1.09. The van der Waals surface area contributed by atoms with Crippen molar-refractivity contribution in [3.8, 4) is 0 Å². The molecule has 1 heterocycles. The Morgan fingerprint density at radius 2 is 2.04 bits per heavy atom. The summed E-state index contributed by atoms with van der Waals surface area (Å²) in [6, 6.07) is 9.45. The van der Waals surface area contributed by atoms with Gasteiger partial charge in [-0.05, 0) is 18.2 Å². The SMILES string of the molecule is O=C(Cn1ncc(=O)c2ccccc21)Nc1cc([N+](=O)[O-])ccc1F. The highest BCUT2D eigenvalue weighted by Crippen LogP contribution is 2.21. The zero-order valence-electron chi connectivity index (χ0n) is 12.7. The van der Waals surface area contributed by atoms with Gasteiger partial charge in [0.25, 0.3) is 5.69 Å². The van der Waals surface area contributed by atoms with Crippen LogP contribution in [0.4, 0.5) is 15.8 Å². The molecule has 0 saturated heterocycles. The number of hydrogen-bond acceptors (Lipinski definition) is 5. The van der Waals surface area contributed by atoms with E-state index in [0.717, 1.165) is 24.4 Å². The number of aromatic nitrogens is 2. The largest absolute Gasteiger partial charge is 0.322 e. The van der Waals surface area contributed by atoms with Crippen LogP contribution in [-0.2, 0) is 11.3 Å². The molecule has 3 aromatic rings. The Labute approximate surface area is 139 Å². The van der Waals surface area contributed by atoms with E-state index >= 15 is 0 Å². The number of para-hydroxylation sites is 1. The molecule has 9 heteroatoms. The van der Waals surface area contributed by atoms with Crippen LogP contribution in [0.25, 0.3) is 10.9 Å². The van der Waals surface area contributed by atoms with Crippen molar-refractivity contribution in [3.05, 3.63) is 74.8 Å². The Morgan fingerprint density at radius 1 is 1.28 bits per heavy atom. The molecule has 1 amide bonds. The number of hydrogen-bond donors (Lipinski definition) is 1. The van der Waals surface area contributed by atoms with Crippen LogP contribution in [0.2, 0.25) is 0 Å². The van der Waals surface area contributed by atoms with Crippen molar-refractivity contribution < 1.29 is 14.1 Å². The van der Waals surface area contributed by atoms with E-state index < -0.39 is 16.6 Å². The maximum absolute atomic E-state index is 13.7. The summed E-state index contributed by atoms with van der Waals surface area (Å²) in [5.74, 6) is -1.43. The first-order valence-electron chi connectivity index (χ1n) is 7.14. The van der Waals surface area contributed by atoms with Gasteiger partial charge in [-0.2, -0.15) is 5.10 Å². The Hall–Kier alpha value is -3.62.